The van der Waals surface area contributed by atoms with Crippen LogP contribution in [-0.4, -0.2) is 15.1 Å². The third kappa shape index (κ3) is 2.26. The van der Waals surface area contributed by atoms with Crippen molar-refractivity contribution in [2.24, 2.45) is 0 Å². The van der Waals surface area contributed by atoms with Crippen LogP contribution in [0.15, 0.2) is 48.7 Å². The molecule has 0 aliphatic heterocycles. The minimum absolute atomic E-state index is 0.0426. The molecule has 4 nitrogen and oxygen atoms in total. The van der Waals surface area contributed by atoms with Crippen LogP contribution in [0, 0.1) is 0 Å². The molecule has 0 bridgehead atoms. The molecular formula is C15H13N3O. The molecule has 3 aromatic rings. The number of rotatable bonds is 2. The van der Waals surface area contributed by atoms with Gasteiger partial charge in [-0.05, 0) is 35.9 Å². The molecule has 4 heteroatoms. The van der Waals surface area contributed by atoms with Crippen LogP contribution in [0.3, 0.4) is 0 Å². The molecule has 0 atom stereocenters. The SMILES string of the molecule is Nc1cc(CO)cc(-c2cnc3ccccc3n2)c1. The fourth-order valence-corrected chi connectivity index (χ4v) is 2.05. The van der Waals surface area contributed by atoms with E-state index in [2.05, 4.69) is 9.97 Å². The molecule has 0 unspecified atom stereocenters. The van der Waals surface area contributed by atoms with Crippen molar-refractivity contribution in [1.29, 1.82) is 0 Å². The van der Waals surface area contributed by atoms with Crippen molar-refractivity contribution in [1.82, 2.24) is 9.97 Å². The van der Waals surface area contributed by atoms with Crippen molar-refractivity contribution >= 4 is 16.7 Å². The maximum absolute atomic E-state index is 9.21. The molecule has 3 rings (SSSR count). The second-order valence-electron chi connectivity index (χ2n) is 4.37. The van der Waals surface area contributed by atoms with Gasteiger partial charge in [0.15, 0.2) is 0 Å². The van der Waals surface area contributed by atoms with Crippen LogP contribution in [0.5, 0.6) is 0 Å². The highest BCUT2D eigenvalue weighted by molar-refractivity contribution is 5.77. The first-order valence-electron chi connectivity index (χ1n) is 5.99. The molecule has 1 heterocycles. The zero-order valence-electron chi connectivity index (χ0n) is 10.2. The Morgan fingerprint density at radius 1 is 1.05 bits per heavy atom. The molecule has 0 aliphatic carbocycles. The van der Waals surface area contributed by atoms with Gasteiger partial charge in [0.05, 0.1) is 29.5 Å². The highest BCUT2D eigenvalue weighted by atomic mass is 16.3. The van der Waals surface area contributed by atoms with Gasteiger partial charge in [0.2, 0.25) is 0 Å². The lowest BCUT2D eigenvalue weighted by Crippen LogP contribution is -1.93. The summed E-state index contributed by atoms with van der Waals surface area (Å²) in [5.41, 5.74) is 10.5. The van der Waals surface area contributed by atoms with E-state index in [4.69, 9.17) is 5.73 Å². The summed E-state index contributed by atoms with van der Waals surface area (Å²) in [4.78, 5) is 8.94. The number of anilines is 1. The fourth-order valence-electron chi connectivity index (χ4n) is 2.05. The van der Waals surface area contributed by atoms with E-state index < -0.39 is 0 Å². The molecule has 0 saturated carbocycles. The Morgan fingerprint density at radius 3 is 2.63 bits per heavy atom. The number of benzene rings is 2. The first-order valence-corrected chi connectivity index (χ1v) is 5.99. The number of hydrogen-bond acceptors (Lipinski definition) is 4. The van der Waals surface area contributed by atoms with Gasteiger partial charge >= 0.3 is 0 Å². The standard InChI is InChI=1S/C15H13N3O/c16-12-6-10(9-19)5-11(7-12)15-8-17-13-3-1-2-4-14(13)18-15/h1-8,19H,9,16H2. The molecular weight excluding hydrogens is 238 g/mol. The van der Waals surface area contributed by atoms with Crippen LogP contribution in [0.25, 0.3) is 22.3 Å². The quantitative estimate of drug-likeness (QED) is 0.686. The van der Waals surface area contributed by atoms with Crippen molar-refractivity contribution in [2.45, 2.75) is 6.61 Å². The predicted octanol–water partition coefficient (Wildman–Crippen LogP) is 2.37. The summed E-state index contributed by atoms with van der Waals surface area (Å²) in [7, 11) is 0. The van der Waals surface area contributed by atoms with Crippen molar-refractivity contribution in [3.8, 4) is 11.3 Å². The molecule has 0 fully saturated rings. The van der Waals surface area contributed by atoms with Gasteiger partial charge in [-0.25, -0.2) is 4.98 Å². The van der Waals surface area contributed by atoms with Gasteiger partial charge < -0.3 is 10.8 Å². The zero-order valence-corrected chi connectivity index (χ0v) is 10.2. The average Bonchev–Trinajstić information content (AvgIpc) is 2.46. The van der Waals surface area contributed by atoms with E-state index in [0.29, 0.717) is 5.69 Å². The van der Waals surface area contributed by atoms with Crippen LogP contribution in [0.4, 0.5) is 5.69 Å². The van der Waals surface area contributed by atoms with E-state index in [1.807, 2.05) is 36.4 Å². The van der Waals surface area contributed by atoms with Crippen molar-refractivity contribution < 1.29 is 5.11 Å². The van der Waals surface area contributed by atoms with E-state index in [-0.39, 0.29) is 6.61 Å². The molecule has 3 N–H and O–H groups in total. The lowest BCUT2D eigenvalue weighted by molar-refractivity contribution is 0.282. The number of nitrogens with two attached hydrogens (primary N) is 1. The second-order valence-corrected chi connectivity index (χ2v) is 4.37. The number of fused-ring (bicyclic) bond motifs is 1. The Labute approximate surface area is 110 Å². The maximum Gasteiger partial charge on any atom is 0.0894 e. The third-order valence-electron chi connectivity index (χ3n) is 2.94. The van der Waals surface area contributed by atoms with E-state index in [1.54, 1.807) is 12.3 Å². The summed E-state index contributed by atoms with van der Waals surface area (Å²) in [6.07, 6.45) is 1.72. The summed E-state index contributed by atoms with van der Waals surface area (Å²) in [6, 6.07) is 13.2. The molecule has 0 aliphatic rings. The van der Waals surface area contributed by atoms with Gasteiger partial charge in [-0.1, -0.05) is 12.1 Å². The first-order chi connectivity index (χ1) is 9.26. The summed E-state index contributed by atoms with van der Waals surface area (Å²) >= 11 is 0. The lowest BCUT2D eigenvalue weighted by atomic mass is 10.1. The van der Waals surface area contributed by atoms with E-state index >= 15 is 0 Å². The number of aliphatic hydroxyl groups excluding tert-OH is 1. The van der Waals surface area contributed by atoms with Crippen LogP contribution in [0.2, 0.25) is 0 Å². The Bertz CT molecular complexity index is 740. The Hall–Kier alpha value is -2.46. The second kappa shape index (κ2) is 4.66. The highest BCUT2D eigenvalue weighted by Gasteiger charge is 2.05. The van der Waals surface area contributed by atoms with E-state index in [9.17, 15) is 5.11 Å². The summed E-state index contributed by atoms with van der Waals surface area (Å²) in [6.45, 7) is -0.0426. The molecule has 0 amide bonds. The van der Waals surface area contributed by atoms with Crippen molar-refractivity contribution in [3.05, 3.63) is 54.2 Å². The summed E-state index contributed by atoms with van der Waals surface area (Å²) in [5, 5.41) is 9.21. The molecule has 0 saturated heterocycles. The normalized spacial score (nSPS) is 10.8. The predicted molar refractivity (Wildman–Crippen MR) is 75.3 cm³/mol. The van der Waals surface area contributed by atoms with Gasteiger partial charge in [-0.15, -0.1) is 0 Å². The van der Waals surface area contributed by atoms with E-state index in [1.165, 1.54) is 0 Å². The number of nitrogens with zero attached hydrogens (tertiary/aromatic N) is 2. The van der Waals surface area contributed by atoms with Crippen LogP contribution >= 0.6 is 0 Å². The smallest absolute Gasteiger partial charge is 0.0894 e. The molecule has 2 aromatic carbocycles. The zero-order chi connectivity index (χ0) is 13.2. The number of para-hydroxylation sites is 2. The lowest BCUT2D eigenvalue weighted by Gasteiger charge is -2.06. The largest absolute Gasteiger partial charge is 0.399 e. The molecule has 1 aromatic heterocycles. The topological polar surface area (TPSA) is 72.0 Å². The molecule has 0 radical (unpaired) electrons. The number of aromatic nitrogens is 2. The monoisotopic (exact) mass is 251 g/mol. The number of aliphatic hydroxyl groups is 1. The number of nitrogen functional groups attached to an aromatic ring is 1. The van der Waals surface area contributed by atoms with Crippen LogP contribution < -0.4 is 5.73 Å². The first kappa shape index (κ1) is 11.6. The number of hydrogen-bond donors (Lipinski definition) is 2. The third-order valence-corrected chi connectivity index (χ3v) is 2.94. The Balaban J connectivity index is 2.15. The minimum atomic E-state index is -0.0426. The van der Waals surface area contributed by atoms with Gasteiger partial charge in [-0.2, -0.15) is 0 Å². The van der Waals surface area contributed by atoms with E-state index in [0.717, 1.165) is 27.9 Å². The minimum Gasteiger partial charge on any atom is -0.399 e. The average molecular weight is 251 g/mol. The Morgan fingerprint density at radius 2 is 1.84 bits per heavy atom. The fraction of sp³-hybridized carbons (Fsp3) is 0.0667. The van der Waals surface area contributed by atoms with Crippen molar-refractivity contribution in [2.75, 3.05) is 5.73 Å². The van der Waals surface area contributed by atoms with Crippen molar-refractivity contribution in [3.63, 3.8) is 0 Å². The van der Waals surface area contributed by atoms with Crippen LogP contribution in [0.1, 0.15) is 5.56 Å². The van der Waals surface area contributed by atoms with Crippen LogP contribution in [-0.2, 0) is 6.61 Å². The summed E-state index contributed by atoms with van der Waals surface area (Å²) in [5.74, 6) is 0. The maximum atomic E-state index is 9.21. The van der Waals surface area contributed by atoms with Gasteiger partial charge in [-0.3, -0.25) is 4.98 Å². The summed E-state index contributed by atoms with van der Waals surface area (Å²) < 4.78 is 0. The highest BCUT2D eigenvalue weighted by Crippen LogP contribution is 2.23. The van der Waals surface area contributed by atoms with Gasteiger partial charge in [0.25, 0.3) is 0 Å². The van der Waals surface area contributed by atoms with Gasteiger partial charge in [0, 0.05) is 11.3 Å². The molecule has 19 heavy (non-hydrogen) atoms. The Kier molecular flexibility index (Phi) is 2.85. The molecule has 94 valence electrons. The van der Waals surface area contributed by atoms with Gasteiger partial charge in [0.1, 0.15) is 0 Å². The molecule has 0 spiro atoms.